The number of hydrogen-bond donors (Lipinski definition) is 1. The molecule has 130 valence electrons. The van der Waals surface area contributed by atoms with Crippen LogP contribution in [0.3, 0.4) is 0 Å². The molecule has 0 aliphatic heterocycles. The molecule has 0 aliphatic rings. The molecule has 0 aromatic heterocycles. The van der Waals surface area contributed by atoms with E-state index in [4.69, 9.17) is 23.7 Å². The van der Waals surface area contributed by atoms with Crippen LogP contribution in [0.5, 0.6) is 0 Å². The summed E-state index contributed by atoms with van der Waals surface area (Å²) in [5.41, 5.74) is -0.487. The van der Waals surface area contributed by atoms with E-state index < -0.39 is 11.7 Å². The Hall–Kier alpha value is -1.31. The molecule has 0 aromatic carbocycles. The van der Waals surface area contributed by atoms with Gasteiger partial charge < -0.3 is 29.0 Å². The second kappa shape index (κ2) is 13.4. The molecule has 1 N–H and O–H groups in total. The topological polar surface area (TPSA) is 75.3 Å². The molecule has 0 radical (unpaired) electrons. The number of alkyl carbamates (subject to hydrolysis) is 1. The summed E-state index contributed by atoms with van der Waals surface area (Å²) in [5.74, 6) is 0. The first kappa shape index (κ1) is 20.7. The molecule has 0 rings (SSSR count). The summed E-state index contributed by atoms with van der Waals surface area (Å²) in [6.07, 6.45) is 0.944. The average Bonchev–Trinajstić information content (AvgIpc) is 2.42. The number of carbonyl (C=O) groups is 1. The molecule has 7 heteroatoms. The van der Waals surface area contributed by atoms with Crippen LogP contribution in [0.2, 0.25) is 0 Å². The van der Waals surface area contributed by atoms with Gasteiger partial charge in [0, 0.05) is 6.54 Å². The van der Waals surface area contributed by atoms with Crippen LogP contribution in [-0.4, -0.2) is 64.5 Å². The molecule has 0 saturated carbocycles. The van der Waals surface area contributed by atoms with Crippen LogP contribution in [0.1, 0.15) is 20.8 Å². The van der Waals surface area contributed by atoms with Crippen molar-refractivity contribution in [2.24, 2.45) is 0 Å². The van der Waals surface area contributed by atoms with Gasteiger partial charge in [0.05, 0.1) is 45.9 Å². The van der Waals surface area contributed by atoms with Gasteiger partial charge in [0.2, 0.25) is 0 Å². The highest BCUT2D eigenvalue weighted by molar-refractivity contribution is 5.67. The highest BCUT2D eigenvalue weighted by atomic mass is 16.6. The minimum atomic E-state index is -0.487. The van der Waals surface area contributed by atoms with E-state index in [9.17, 15) is 4.79 Å². The molecule has 0 heterocycles. The predicted molar refractivity (Wildman–Crippen MR) is 82.8 cm³/mol. The average molecular weight is 319 g/mol. The first-order valence-electron chi connectivity index (χ1n) is 7.38. The fourth-order valence-corrected chi connectivity index (χ4v) is 1.27. The highest BCUT2D eigenvalue weighted by Gasteiger charge is 2.15. The zero-order valence-electron chi connectivity index (χ0n) is 13.9. The van der Waals surface area contributed by atoms with E-state index in [0.717, 1.165) is 0 Å². The third kappa shape index (κ3) is 16.7. The number of carbonyl (C=O) groups excluding carboxylic acids is 1. The fourth-order valence-electron chi connectivity index (χ4n) is 1.27. The molecule has 0 fully saturated rings. The van der Waals surface area contributed by atoms with E-state index in [1.165, 1.54) is 6.26 Å². The lowest BCUT2D eigenvalue weighted by Gasteiger charge is -2.19. The van der Waals surface area contributed by atoms with Crippen LogP contribution in [0.25, 0.3) is 0 Å². The molecular weight excluding hydrogens is 290 g/mol. The molecule has 0 spiro atoms. The lowest BCUT2D eigenvalue weighted by atomic mass is 10.2. The minimum absolute atomic E-state index is 0.404. The van der Waals surface area contributed by atoms with Crippen molar-refractivity contribution in [1.29, 1.82) is 0 Å². The molecule has 0 unspecified atom stereocenters. The molecule has 0 atom stereocenters. The van der Waals surface area contributed by atoms with Gasteiger partial charge in [0.1, 0.15) is 12.2 Å². The van der Waals surface area contributed by atoms with Crippen LogP contribution in [-0.2, 0) is 23.7 Å². The summed E-state index contributed by atoms with van der Waals surface area (Å²) >= 11 is 0. The number of rotatable bonds is 13. The van der Waals surface area contributed by atoms with Crippen LogP contribution < -0.4 is 5.32 Å². The third-order valence-corrected chi connectivity index (χ3v) is 2.12. The quantitative estimate of drug-likeness (QED) is 0.411. The summed E-state index contributed by atoms with van der Waals surface area (Å²) in [4.78, 5) is 11.3. The van der Waals surface area contributed by atoms with E-state index in [1.54, 1.807) is 0 Å². The zero-order valence-corrected chi connectivity index (χ0v) is 13.9. The fraction of sp³-hybridized carbons (Fsp3) is 0.800. The van der Waals surface area contributed by atoms with E-state index in [-0.39, 0.29) is 0 Å². The van der Waals surface area contributed by atoms with Gasteiger partial charge in [0.25, 0.3) is 0 Å². The molecular formula is C15H29NO6. The van der Waals surface area contributed by atoms with Gasteiger partial charge in [-0.3, -0.25) is 0 Å². The molecule has 0 aromatic rings. The molecule has 1 amide bonds. The van der Waals surface area contributed by atoms with Crippen molar-refractivity contribution in [2.45, 2.75) is 26.4 Å². The van der Waals surface area contributed by atoms with Gasteiger partial charge >= 0.3 is 6.09 Å². The largest absolute Gasteiger partial charge is 0.499 e. The Balaban J connectivity index is 3.17. The molecule has 0 aliphatic carbocycles. The Morgan fingerprint density at radius 2 is 1.45 bits per heavy atom. The van der Waals surface area contributed by atoms with Gasteiger partial charge in [-0.1, -0.05) is 6.58 Å². The summed E-state index contributed by atoms with van der Waals surface area (Å²) in [6, 6.07) is 0. The summed E-state index contributed by atoms with van der Waals surface area (Å²) in [7, 11) is 0. The molecule has 22 heavy (non-hydrogen) atoms. The normalized spacial score (nSPS) is 11.0. The number of hydrogen-bond acceptors (Lipinski definition) is 6. The van der Waals surface area contributed by atoms with Crippen molar-refractivity contribution >= 4 is 6.09 Å². The van der Waals surface area contributed by atoms with Crippen molar-refractivity contribution in [3.8, 4) is 0 Å². The Morgan fingerprint density at radius 1 is 0.955 bits per heavy atom. The van der Waals surface area contributed by atoms with Crippen molar-refractivity contribution in [1.82, 2.24) is 5.32 Å². The number of nitrogens with one attached hydrogen (secondary N) is 1. The lowest BCUT2D eigenvalue weighted by molar-refractivity contribution is 0.00639. The Bertz CT molecular complexity index is 290. The van der Waals surface area contributed by atoms with Crippen LogP contribution in [0, 0.1) is 0 Å². The smallest absolute Gasteiger partial charge is 0.407 e. The van der Waals surface area contributed by atoms with Gasteiger partial charge in [-0.2, -0.15) is 0 Å². The van der Waals surface area contributed by atoms with Crippen molar-refractivity contribution in [2.75, 3.05) is 52.8 Å². The summed E-state index contributed by atoms with van der Waals surface area (Å²) < 4.78 is 25.8. The Morgan fingerprint density at radius 3 is 1.95 bits per heavy atom. The van der Waals surface area contributed by atoms with Crippen molar-refractivity contribution in [3.63, 3.8) is 0 Å². The Kier molecular flexibility index (Phi) is 12.6. The predicted octanol–water partition coefficient (Wildman–Crippen LogP) is 1.72. The second-order valence-corrected chi connectivity index (χ2v) is 5.30. The maximum absolute atomic E-state index is 11.3. The van der Waals surface area contributed by atoms with E-state index in [2.05, 4.69) is 11.9 Å². The summed E-state index contributed by atoms with van der Waals surface area (Å²) in [6.45, 7) is 12.7. The lowest BCUT2D eigenvalue weighted by Crippen LogP contribution is -2.34. The third-order valence-electron chi connectivity index (χ3n) is 2.12. The van der Waals surface area contributed by atoms with Crippen LogP contribution in [0.15, 0.2) is 12.8 Å². The number of amides is 1. The zero-order chi connectivity index (χ0) is 16.7. The van der Waals surface area contributed by atoms with Gasteiger partial charge in [0.15, 0.2) is 0 Å². The minimum Gasteiger partial charge on any atom is -0.499 e. The maximum Gasteiger partial charge on any atom is 0.407 e. The van der Waals surface area contributed by atoms with E-state index in [1.807, 2.05) is 20.8 Å². The van der Waals surface area contributed by atoms with E-state index in [0.29, 0.717) is 52.8 Å². The molecule has 0 bridgehead atoms. The number of ether oxygens (including phenoxy) is 5. The first-order chi connectivity index (χ1) is 10.5. The maximum atomic E-state index is 11.3. The van der Waals surface area contributed by atoms with Crippen molar-refractivity contribution < 1.29 is 28.5 Å². The summed E-state index contributed by atoms with van der Waals surface area (Å²) in [5, 5.41) is 2.61. The highest BCUT2D eigenvalue weighted by Crippen LogP contribution is 2.05. The molecule has 7 nitrogen and oxygen atoms in total. The first-order valence-corrected chi connectivity index (χ1v) is 7.38. The van der Waals surface area contributed by atoms with Gasteiger partial charge in [-0.05, 0) is 20.8 Å². The molecule has 0 saturated heterocycles. The Labute approximate surface area is 132 Å². The van der Waals surface area contributed by atoms with E-state index >= 15 is 0 Å². The van der Waals surface area contributed by atoms with Gasteiger partial charge in [-0.25, -0.2) is 4.79 Å². The monoisotopic (exact) mass is 319 g/mol. The second-order valence-electron chi connectivity index (χ2n) is 5.30. The van der Waals surface area contributed by atoms with Crippen molar-refractivity contribution in [3.05, 3.63) is 12.8 Å². The van der Waals surface area contributed by atoms with Crippen LogP contribution in [0.4, 0.5) is 4.79 Å². The SMILES string of the molecule is C=COCCOCCOCCOCCNC(=O)OC(C)(C)C. The standard InChI is InChI=1S/C15H29NO6/c1-5-18-8-9-20-12-13-21-11-10-19-7-6-16-14(17)22-15(2,3)4/h5H,1,6-13H2,2-4H3,(H,16,17). The van der Waals surface area contributed by atoms with Gasteiger partial charge in [-0.15, -0.1) is 0 Å². The van der Waals surface area contributed by atoms with Crippen LogP contribution >= 0.6 is 0 Å².